The zero-order valence-electron chi connectivity index (χ0n) is 16.7. The highest BCUT2D eigenvalue weighted by Gasteiger charge is 2.17. The summed E-state index contributed by atoms with van der Waals surface area (Å²) in [5.74, 6) is 1.34. The molecule has 0 atom stereocenters. The summed E-state index contributed by atoms with van der Waals surface area (Å²) in [5.41, 5.74) is 2.87. The Morgan fingerprint density at radius 1 is 1.07 bits per heavy atom. The predicted octanol–water partition coefficient (Wildman–Crippen LogP) is 3.79. The minimum atomic E-state index is -0.225. The summed E-state index contributed by atoms with van der Waals surface area (Å²) in [4.78, 5) is 12.7. The van der Waals surface area contributed by atoms with E-state index in [0.29, 0.717) is 34.4 Å². The number of hydrogen-bond donors (Lipinski definition) is 1. The van der Waals surface area contributed by atoms with Gasteiger partial charge in [0.15, 0.2) is 11.5 Å². The van der Waals surface area contributed by atoms with Gasteiger partial charge >= 0.3 is 0 Å². The Morgan fingerprint density at radius 3 is 2.24 bits per heavy atom. The molecular formula is C21H22ClN3O4. The third kappa shape index (κ3) is 4.30. The molecule has 1 amide bonds. The van der Waals surface area contributed by atoms with E-state index in [2.05, 4.69) is 10.4 Å². The lowest BCUT2D eigenvalue weighted by Gasteiger charge is -2.14. The van der Waals surface area contributed by atoms with Crippen LogP contribution in [0.3, 0.4) is 0 Å². The van der Waals surface area contributed by atoms with E-state index in [0.717, 1.165) is 16.9 Å². The van der Waals surface area contributed by atoms with Crippen LogP contribution in [0.25, 0.3) is 5.69 Å². The maximum atomic E-state index is 12.7. The number of ether oxygens (including phenoxy) is 3. The molecule has 7 nitrogen and oxygen atoms in total. The Morgan fingerprint density at radius 2 is 1.69 bits per heavy atom. The van der Waals surface area contributed by atoms with E-state index >= 15 is 0 Å². The van der Waals surface area contributed by atoms with Crippen LogP contribution in [0.1, 0.15) is 21.6 Å². The summed E-state index contributed by atoms with van der Waals surface area (Å²) in [6.07, 6.45) is 1.55. The maximum Gasteiger partial charge on any atom is 0.255 e. The summed E-state index contributed by atoms with van der Waals surface area (Å²) in [6.45, 7) is 2.14. The molecule has 3 aromatic rings. The minimum Gasteiger partial charge on any atom is -0.493 e. The number of nitrogens with one attached hydrogen (secondary N) is 1. The van der Waals surface area contributed by atoms with Gasteiger partial charge in [-0.2, -0.15) is 5.10 Å². The monoisotopic (exact) mass is 415 g/mol. The van der Waals surface area contributed by atoms with Gasteiger partial charge in [0, 0.05) is 11.6 Å². The average molecular weight is 416 g/mol. The van der Waals surface area contributed by atoms with E-state index in [1.807, 2.05) is 19.1 Å². The molecule has 2 aromatic carbocycles. The average Bonchev–Trinajstić information content (AvgIpc) is 3.13. The molecule has 1 aromatic heterocycles. The molecule has 3 rings (SSSR count). The Bertz CT molecular complexity index is 990. The van der Waals surface area contributed by atoms with Gasteiger partial charge in [-0.15, -0.1) is 0 Å². The molecule has 8 heteroatoms. The van der Waals surface area contributed by atoms with Crippen LogP contribution in [0.15, 0.2) is 42.6 Å². The Kier molecular flexibility index (Phi) is 6.29. The van der Waals surface area contributed by atoms with Crippen LogP contribution in [0.4, 0.5) is 0 Å². The molecule has 0 aliphatic carbocycles. The van der Waals surface area contributed by atoms with Crippen molar-refractivity contribution < 1.29 is 19.0 Å². The Balaban J connectivity index is 1.77. The van der Waals surface area contributed by atoms with Crippen LogP contribution in [-0.4, -0.2) is 37.0 Å². The maximum absolute atomic E-state index is 12.7. The lowest BCUT2D eigenvalue weighted by atomic mass is 10.1. The zero-order chi connectivity index (χ0) is 21.0. The molecule has 29 heavy (non-hydrogen) atoms. The highest BCUT2D eigenvalue weighted by Crippen LogP contribution is 2.38. The van der Waals surface area contributed by atoms with E-state index in [4.69, 9.17) is 25.8 Å². The van der Waals surface area contributed by atoms with E-state index in [9.17, 15) is 4.79 Å². The van der Waals surface area contributed by atoms with Crippen LogP contribution < -0.4 is 19.5 Å². The van der Waals surface area contributed by atoms with E-state index in [1.54, 1.807) is 56.5 Å². The van der Waals surface area contributed by atoms with Gasteiger partial charge < -0.3 is 19.5 Å². The molecule has 0 aliphatic rings. The SMILES string of the molecule is COc1cc(CNC(=O)c2cnn(-c3ccc(Cl)cc3)c2C)cc(OC)c1OC. The van der Waals surface area contributed by atoms with Crippen molar-refractivity contribution in [1.29, 1.82) is 0 Å². The summed E-state index contributed by atoms with van der Waals surface area (Å²) in [6, 6.07) is 10.8. The molecule has 0 fully saturated rings. The number of rotatable bonds is 7. The largest absolute Gasteiger partial charge is 0.493 e. The number of amides is 1. The van der Waals surface area contributed by atoms with Crippen molar-refractivity contribution in [3.8, 4) is 22.9 Å². The van der Waals surface area contributed by atoms with Gasteiger partial charge in [0.1, 0.15) is 0 Å². The van der Waals surface area contributed by atoms with Crippen molar-refractivity contribution in [1.82, 2.24) is 15.1 Å². The molecule has 0 radical (unpaired) electrons. The molecule has 0 saturated carbocycles. The summed E-state index contributed by atoms with van der Waals surface area (Å²) >= 11 is 5.94. The molecule has 1 N–H and O–H groups in total. The first-order valence-electron chi connectivity index (χ1n) is 8.86. The number of methoxy groups -OCH3 is 3. The van der Waals surface area contributed by atoms with E-state index in [-0.39, 0.29) is 5.91 Å². The number of carbonyl (C=O) groups is 1. The normalized spacial score (nSPS) is 10.5. The second-order valence-corrected chi connectivity index (χ2v) is 6.68. The lowest BCUT2D eigenvalue weighted by Crippen LogP contribution is -2.23. The molecule has 0 spiro atoms. The van der Waals surface area contributed by atoms with Gasteiger partial charge in [-0.05, 0) is 48.9 Å². The van der Waals surface area contributed by atoms with Crippen molar-refractivity contribution in [2.45, 2.75) is 13.5 Å². The van der Waals surface area contributed by atoms with Gasteiger partial charge in [-0.1, -0.05) is 11.6 Å². The van der Waals surface area contributed by atoms with Crippen LogP contribution in [0.2, 0.25) is 5.02 Å². The van der Waals surface area contributed by atoms with Crippen LogP contribution >= 0.6 is 11.6 Å². The Hall–Kier alpha value is -3.19. The third-order valence-corrected chi connectivity index (χ3v) is 4.76. The van der Waals surface area contributed by atoms with Crippen molar-refractivity contribution in [3.05, 3.63) is 64.4 Å². The number of nitrogens with zero attached hydrogens (tertiary/aromatic N) is 2. The van der Waals surface area contributed by atoms with Crippen LogP contribution in [0.5, 0.6) is 17.2 Å². The predicted molar refractivity (Wildman–Crippen MR) is 111 cm³/mol. The first-order valence-corrected chi connectivity index (χ1v) is 9.24. The summed E-state index contributed by atoms with van der Waals surface area (Å²) < 4.78 is 17.7. The van der Waals surface area contributed by atoms with Gasteiger partial charge in [-0.25, -0.2) is 4.68 Å². The number of aromatic nitrogens is 2. The Labute approximate surface area is 174 Å². The van der Waals surface area contributed by atoms with Gasteiger partial charge in [0.2, 0.25) is 5.75 Å². The third-order valence-electron chi connectivity index (χ3n) is 4.50. The standard InChI is InChI=1S/C21H22ClN3O4/c1-13-17(12-24-25(13)16-7-5-15(22)6-8-16)21(26)23-11-14-9-18(27-2)20(29-4)19(10-14)28-3/h5-10,12H,11H2,1-4H3,(H,23,26). The molecule has 0 bridgehead atoms. The van der Waals surface area contributed by atoms with Crippen LogP contribution in [0, 0.1) is 6.92 Å². The number of benzene rings is 2. The second-order valence-electron chi connectivity index (χ2n) is 6.25. The van der Waals surface area contributed by atoms with Gasteiger partial charge in [0.25, 0.3) is 5.91 Å². The van der Waals surface area contributed by atoms with Crippen molar-refractivity contribution in [3.63, 3.8) is 0 Å². The minimum absolute atomic E-state index is 0.225. The molecule has 0 unspecified atom stereocenters. The van der Waals surface area contributed by atoms with Gasteiger partial charge in [-0.3, -0.25) is 4.79 Å². The van der Waals surface area contributed by atoms with E-state index in [1.165, 1.54) is 0 Å². The van der Waals surface area contributed by atoms with Gasteiger partial charge in [0.05, 0.1) is 44.5 Å². The number of halogens is 1. The van der Waals surface area contributed by atoms with Crippen molar-refractivity contribution in [2.24, 2.45) is 0 Å². The topological polar surface area (TPSA) is 74.6 Å². The fraction of sp³-hybridized carbons (Fsp3) is 0.238. The second kappa shape index (κ2) is 8.87. The smallest absolute Gasteiger partial charge is 0.255 e. The molecule has 0 saturated heterocycles. The zero-order valence-corrected chi connectivity index (χ0v) is 17.4. The lowest BCUT2D eigenvalue weighted by molar-refractivity contribution is 0.0950. The molecule has 1 heterocycles. The molecule has 0 aliphatic heterocycles. The fourth-order valence-corrected chi connectivity index (χ4v) is 3.12. The first kappa shape index (κ1) is 20.5. The fourth-order valence-electron chi connectivity index (χ4n) is 2.99. The summed E-state index contributed by atoms with van der Waals surface area (Å²) in [7, 11) is 4.64. The highest BCUT2D eigenvalue weighted by atomic mass is 35.5. The first-order chi connectivity index (χ1) is 14.0. The number of carbonyl (C=O) groups excluding carboxylic acids is 1. The van der Waals surface area contributed by atoms with Crippen LogP contribution in [-0.2, 0) is 6.54 Å². The van der Waals surface area contributed by atoms with E-state index < -0.39 is 0 Å². The quantitative estimate of drug-likeness (QED) is 0.635. The number of hydrogen-bond acceptors (Lipinski definition) is 5. The molecule has 152 valence electrons. The van der Waals surface area contributed by atoms with Crippen molar-refractivity contribution in [2.75, 3.05) is 21.3 Å². The summed E-state index contributed by atoms with van der Waals surface area (Å²) in [5, 5.41) is 7.87. The van der Waals surface area contributed by atoms with Crippen molar-refractivity contribution >= 4 is 17.5 Å². The molecular weight excluding hydrogens is 394 g/mol. The highest BCUT2D eigenvalue weighted by molar-refractivity contribution is 6.30.